The summed E-state index contributed by atoms with van der Waals surface area (Å²) in [6.45, 7) is 0. The number of nitrogen functional groups attached to an aromatic ring is 1. The molecule has 0 fully saturated rings. The fraction of sp³-hybridized carbons (Fsp3) is 0. The summed E-state index contributed by atoms with van der Waals surface area (Å²) in [5, 5.41) is 11.9. The summed E-state index contributed by atoms with van der Waals surface area (Å²) in [5.74, 6) is 0.572. The molecule has 3 N–H and O–H groups in total. The van der Waals surface area contributed by atoms with Crippen LogP contribution in [-0.2, 0) is 0 Å². The molecule has 0 saturated carbocycles. The van der Waals surface area contributed by atoms with Crippen molar-refractivity contribution in [2.75, 3.05) is 11.1 Å². The molecule has 4 nitrogen and oxygen atoms in total. The molecule has 0 spiro atoms. The molecule has 2 rings (SSSR count). The highest BCUT2D eigenvalue weighted by Crippen LogP contribution is 2.23. The van der Waals surface area contributed by atoms with Crippen molar-refractivity contribution in [1.82, 2.24) is 4.98 Å². The van der Waals surface area contributed by atoms with Gasteiger partial charge in [-0.1, -0.05) is 6.07 Å². The largest absolute Gasteiger partial charge is 0.396 e. The van der Waals surface area contributed by atoms with E-state index in [1.54, 1.807) is 30.5 Å². The normalized spacial score (nSPS) is 9.65. The number of nitrogens with two attached hydrogens (primary N) is 1. The van der Waals surface area contributed by atoms with Crippen LogP contribution in [0.3, 0.4) is 0 Å². The maximum Gasteiger partial charge on any atom is 0.153 e. The Balaban J connectivity index is 2.28. The summed E-state index contributed by atoms with van der Waals surface area (Å²) >= 11 is 3.29. The van der Waals surface area contributed by atoms with E-state index in [1.165, 1.54) is 0 Å². The Hall–Kier alpha value is -2.06. The second kappa shape index (κ2) is 4.85. The quantitative estimate of drug-likeness (QED) is 0.891. The van der Waals surface area contributed by atoms with Gasteiger partial charge in [0.15, 0.2) is 5.82 Å². The van der Waals surface area contributed by atoms with Crippen molar-refractivity contribution in [3.05, 3.63) is 46.6 Å². The highest BCUT2D eigenvalue weighted by atomic mass is 79.9. The highest BCUT2D eigenvalue weighted by Gasteiger charge is 2.02. The third-order valence-corrected chi connectivity index (χ3v) is 2.57. The van der Waals surface area contributed by atoms with E-state index in [9.17, 15) is 0 Å². The minimum absolute atomic E-state index is 0.543. The van der Waals surface area contributed by atoms with E-state index in [4.69, 9.17) is 11.0 Å². The Morgan fingerprint density at radius 1 is 1.35 bits per heavy atom. The van der Waals surface area contributed by atoms with Gasteiger partial charge >= 0.3 is 0 Å². The molecule has 0 unspecified atom stereocenters. The smallest absolute Gasteiger partial charge is 0.153 e. The zero-order chi connectivity index (χ0) is 12.3. The fourth-order valence-corrected chi connectivity index (χ4v) is 1.71. The van der Waals surface area contributed by atoms with E-state index in [1.807, 2.05) is 6.07 Å². The molecule has 1 heterocycles. The molecular formula is C12H9BrN4. The lowest BCUT2D eigenvalue weighted by Gasteiger charge is -2.08. The van der Waals surface area contributed by atoms with E-state index in [-0.39, 0.29) is 0 Å². The average Bonchev–Trinajstić information content (AvgIpc) is 2.33. The maximum atomic E-state index is 8.79. The van der Waals surface area contributed by atoms with E-state index in [2.05, 4.69) is 32.3 Å². The summed E-state index contributed by atoms with van der Waals surface area (Å²) < 4.78 is 0.825. The van der Waals surface area contributed by atoms with Crippen molar-refractivity contribution in [2.24, 2.45) is 0 Å². The molecule has 0 aliphatic carbocycles. The number of hydrogen-bond donors (Lipinski definition) is 2. The number of hydrogen-bond acceptors (Lipinski definition) is 4. The molecule has 1 aromatic carbocycles. The Morgan fingerprint density at radius 3 is 2.88 bits per heavy atom. The van der Waals surface area contributed by atoms with Crippen LogP contribution in [0, 0.1) is 11.3 Å². The van der Waals surface area contributed by atoms with Gasteiger partial charge in [0, 0.05) is 16.4 Å². The van der Waals surface area contributed by atoms with Gasteiger partial charge in [-0.05, 0) is 40.2 Å². The first-order valence-electron chi connectivity index (χ1n) is 4.87. The molecule has 2 aromatic rings. The number of nitrogens with one attached hydrogen (secondary N) is 1. The van der Waals surface area contributed by atoms with E-state index in [0.29, 0.717) is 17.1 Å². The monoisotopic (exact) mass is 288 g/mol. The number of nitriles is 1. The van der Waals surface area contributed by atoms with E-state index in [0.717, 1.165) is 10.2 Å². The lowest BCUT2D eigenvalue weighted by Crippen LogP contribution is -1.99. The lowest BCUT2D eigenvalue weighted by molar-refractivity contribution is 1.29. The molecule has 17 heavy (non-hydrogen) atoms. The molecular weight excluding hydrogens is 280 g/mol. The van der Waals surface area contributed by atoms with Crippen LogP contribution in [0.1, 0.15) is 5.56 Å². The average molecular weight is 289 g/mol. The van der Waals surface area contributed by atoms with Crippen molar-refractivity contribution < 1.29 is 0 Å². The van der Waals surface area contributed by atoms with E-state index >= 15 is 0 Å². The zero-order valence-electron chi connectivity index (χ0n) is 8.81. The second-order valence-corrected chi connectivity index (χ2v) is 4.32. The molecule has 0 atom stereocenters. The summed E-state index contributed by atoms with van der Waals surface area (Å²) in [5.41, 5.74) is 7.73. The predicted octanol–water partition coefficient (Wildman–Crippen LogP) is 3.04. The van der Waals surface area contributed by atoms with Crippen LogP contribution in [0.15, 0.2) is 41.0 Å². The standard InChI is InChI=1S/C12H9BrN4/c13-9-5-11(15)12(16-7-9)17-10-3-1-2-8(4-10)6-14/h1-5,7H,15H2,(H,16,17). The number of benzene rings is 1. The van der Waals surface area contributed by atoms with Crippen LogP contribution in [0.4, 0.5) is 17.2 Å². The molecule has 0 radical (unpaired) electrons. The molecule has 0 saturated heterocycles. The topological polar surface area (TPSA) is 74.7 Å². The summed E-state index contributed by atoms with van der Waals surface area (Å²) in [6, 6.07) is 11.0. The first-order valence-corrected chi connectivity index (χ1v) is 5.66. The molecule has 0 bridgehead atoms. The van der Waals surface area contributed by atoms with Gasteiger partial charge in [0.05, 0.1) is 17.3 Å². The number of halogens is 1. The Kier molecular flexibility index (Phi) is 3.26. The lowest BCUT2D eigenvalue weighted by atomic mass is 10.2. The molecule has 0 amide bonds. The van der Waals surface area contributed by atoms with Gasteiger partial charge < -0.3 is 11.1 Å². The van der Waals surface area contributed by atoms with Gasteiger partial charge in [-0.3, -0.25) is 0 Å². The van der Waals surface area contributed by atoms with Crippen LogP contribution < -0.4 is 11.1 Å². The molecule has 0 aliphatic rings. The van der Waals surface area contributed by atoms with Crippen molar-refractivity contribution in [1.29, 1.82) is 5.26 Å². The Labute approximate surface area is 107 Å². The molecule has 5 heteroatoms. The SMILES string of the molecule is N#Cc1cccc(Nc2ncc(Br)cc2N)c1. The highest BCUT2D eigenvalue weighted by molar-refractivity contribution is 9.10. The predicted molar refractivity (Wildman–Crippen MR) is 70.8 cm³/mol. The molecule has 0 aliphatic heterocycles. The maximum absolute atomic E-state index is 8.79. The first kappa shape index (κ1) is 11.4. The third-order valence-electron chi connectivity index (χ3n) is 2.14. The van der Waals surface area contributed by atoms with Gasteiger partial charge in [0.1, 0.15) is 0 Å². The summed E-state index contributed by atoms with van der Waals surface area (Å²) in [7, 11) is 0. The van der Waals surface area contributed by atoms with Crippen LogP contribution in [-0.4, -0.2) is 4.98 Å². The minimum atomic E-state index is 0.543. The van der Waals surface area contributed by atoms with Crippen LogP contribution in [0.25, 0.3) is 0 Å². The first-order chi connectivity index (χ1) is 8.19. The zero-order valence-corrected chi connectivity index (χ0v) is 10.4. The van der Waals surface area contributed by atoms with Crippen molar-refractivity contribution in [3.63, 3.8) is 0 Å². The van der Waals surface area contributed by atoms with Gasteiger partial charge in [-0.15, -0.1) is 0 Å². The van der Waals surface area contributed by atoms with Crippen molar-refractivity contribution in [2.45, 2.75) is 0 Å². The molecule has 84 valence electrons. The number of nitrogens with zero attached hydrogens (tertiary/aromatic N) is 2. The number of rotatable bonds is 2. The summed E-state index contributed by atoms with van der Waals surface area (Å²) in [6.07, 6.45) is 1.66. The van der Waals surface area contributed by atoms with Crippen LogP contribution >= 0.6 is 15.9 Å². The van der Waals surface area contributed by atoms with Gasteiger partial charge in [0.25, 0.3) is 0 Å². The Morgan fingerprint density at radius 2 is 2.18 bits per heavy atom. The molecule has 1 aromatic heterocycles. The van der Waals surface area contributed by atoms with Crippen LogP contribution in [0.5, 0.6) is 0 Å². The van der Waals surface area contributed by atoms with Crippen molar-refractivity contribution in [3.8, 4) is 6.07 Å². The summed E-state index contributed by atoms with van der Waals surface area (Å²) in [4.78, 5) is 4.16. The fourth-order valence-electron chi connectivity index (χ4n) is 1.36. The third kappa shape index (κ3) is 2.74. The Bertz CT molecular complexity index is 589. The van der Waals surface area contributed by atoms with Gasteiger partial charge in [-0.25, -0.2) is 4.98 Å². The minimum Gasteiger partial charge on any atom is -0.396 e. The van der Waals surface area contributed by atoms with E-state index < -0.39 is 0 Å². The van der Waals surface area contributed by atoms with Gasteiger partial charge in [0.2, 0.25) is 0 Å². The number of anilines is 3. The van der Waals surface area contributed by atoms with Gasteiger partial charge in [-0.2, -0.15) is 5.26 Å². The van der Waals surface area contributed by atoms with Crippen LogP contribution in [0.2, 0.25) is 0 Å². The van der Waals surface area contributed by atoms with Crippen molar-refractivity contribution >= 4 is 33.1 Å². The number of aromatic nitrogens is 1. The number of pyridine rings is 1. The second-order valence-electron chi connectivity index (χ2n) is 3.41.